The van der Waals surface area contributed by atoms with E-state index in [0.717, 1.165) is 26.1 Å². The Bertz CT molecular complexity index is 575. The van der Waals surface area contributed by atoms with Crippen LogP contribution in [0.5, 0.6) is 11.5 Å². The van der Waals surface area contributed by atoms with E-state index in [4.69, 9.17) is 9.47 Å². The van der Waals surface area contributed by atoms with Crippen molar-refractivity contribution in [2.24, 2.45) is 0 Å². The van der Waals surface area contributed by atoms with E-state index in [1.807, 2.05) is 12.1 Å². The average Bonchev–Trinajstić information content (AvgIpc) is 2.71. The number of carbonyl (C=O) groups excluding carboxylic acids is 2. The highest BCUT2D eigenvalue weighted by Crippen LogP contribution is 2.25. The maximum atomic E-state index is 12.6. The number of esters is 1. The Balaban J connectivity index is 2.63. The predicted molar refractivity (Wildman–Crippen MR) is 104 cm³/mol. The molecule has 7 nitrogen and oxygen atoms in total. The summed E-state index contributed by atoms with van der Waals surface area (Å²) < 4.78 is 15.5. The minimum atomic E-state index is -0.331. The maximum Gasteiger partial charge on any atom is 0.307 e. The van der Waals surface area contributed by atoms with Crippen LogP contribution < -0.4 is 9.47 Å². The number of ether oxygens (including phenoxy) is 3. The van der Waals surface area contributed by atoms with Gasteiger partial charge in [0.2, 0.25) is 0 Å². The molecule has 0 N–H and O–H groups in total. The number of carbonyl (C=O) groups is 2. The summed E-state index contributed by atoms with van der Waals surface area (Å²) in [5.41, 5.74) is 0. The van der Waals surface area contributed by atoms with Crippen molar-refractivity contribution >= 4 is 11.9 Å². The summed E-state index contributed by atoms with van der Waals surface area (Å²) in [5, 5.41) is 0. The smallest absolute Gasteiger partial charge is 0.307 e. The van der Waals surface area contributed by atoms with Crippen molar-refractivity contribution in [3.8, 4) is 11.5 Å². The Kier molecular flexibility index (Phi) is 10.9. The summed E-state index contributed by atoms with van der Waals surface area (Å²) in [6.45, 7) is 7.87. The van der Waals surface area contributed by atoms with E-state index < -0.39 is 0 Å². The average molecular weight is 380 g/mol. The molecule has 1 amide bonds. The Morgan fingerprint density at radius 3 is 2.22 bits per heavy atom. The van der Waals surface area contributed by atoms with Gasteiger partial charge in [-0.1, -0.05) is 26.0 Å². The van der Waals surface area contributed by atoms with Crippen LogP contribution in [0.4, 0.5) is 0 Å². The molecular weight excluding hydrogens is 348 g/mol. The Morgan fingerprint density at radius 1 is 0.963 bits per heavy atom. The molecule has 0 fully saturated rings. The normalized spacial score (nSPS) is 10.6. The molecule has 1 aromatic carbocycles. The molecule has 0 aliphatic carbocycles. The number of amides is 1. The van der Waals surface area contributed by atoms with E-state index in [1.54, 1.807) is 24.1 Å². The van der Waals surface area contributed by atoms with Crippen molar-refractivity contribution < 1.29 is 23.8 Å². The van der Waals surface area contributed by atoms with Gasteiger partial charge >= 0.3 is 5.97 Å². The lowest BCUT2D eigenvalue weighted by Crippen LogP contribution is -2.38. The van der Waals surface area contributed by atoms with Gasteiger partial charge < -0.3 is 24.0 Å². The first-order chi connectivity index (χ1) is 13.0. The van der Waals surface area contributed by atoms with Gasteiger partial charge in [-0.05, 0) is 38.2 Å². The van der Waals surface area contributed by atoms with Gasteiger partial charge in [0.1, 0.15) is 0 Å². The molecule has 0 atom stereocenters. The largest absolute Gasteiger partial charge is 0.493 e. The van der Waals surface area contributed by atoms with Crippen molar-refractivity contribution in [1.29, 1.82) is 0 Å². The fourth-order valence-corrected chi connectivity index (χ4v) is 2.68. The van der Waals surface area contributed by atoms with Crippen LogP contribution in [0.1, 0.15) is 26.7 Å². The first-order valence-corrected chi connectivity index (χ1v) is 9.38. The van der Waals surface area contributed by atoms with E-state index in [1.165, 1.54) is 7.11 Å². The molecule has 0 saturated carbocycles. The van der Waals surface area contributed by atoms with Crippen LogP contribution in [0, 0.1) is 0 Å². The molecule has 152 valence electrons. The monoisotopic (exact) mass is 380 g/mol. The summed E-state index contributed by atoms with van der Waals surface area (Å²) in [6.07, 6.45) is 1.01. The van der Waals surface area contributed by atoms with Crippen LogP contribution in [0.3, 0.4) is 0 Å². The molecule has 0 radical (unpaired) electrons. The number of benzene rings is 1. The maximum absolute atomic E-state index is 12.6. The van der Waals surface area contributed by atoms with Gasteiger partial charge in [0.15, 0.2) is 18.1 Å². The number of hydrogen-bond acceptors (Lipinski definition) is 6. The van der Waals surface area contributed by atoms with Crippen molar-refractivity contribution in [2.75, 3.05) is 53.6 Å². The standard InChI is InChI=1S/C20H32N2O5/c1-5-21(6-2)13-9-14-22(15-12-20(24)26-4)19(23)16-27-18-11-8-7-10-17(18)25-3/h7-8,10-11H,5-6,9,12-16H2,1-4H3. The minimum Gasteiger partial charge on any atom is -0.493 e. The van der Waals surface area contributed by atoms with Crippen LogP contribution in [-0.4, -0.2) is 75.2 Å². The lowest BCUT2D eigenvalue weighted by atomic mass is 10.3. The molecule has 1 rings (SSSR count). The molecule has 1 aromatic rings. The lowest BCUT2D eigenvalue weighted by Gasteiger charge is -2.24. The highest BCUT2D eigenvalue weighted by atomic mass is 16.5. The van der Waals surface area contributed by atoms with Gasteiger partial charge in [-0.3, -0.25) is 9.59 Å². The zero-order valence-electron chi connectivity index (χ0n) is 16.9. The molecular formula is C20H32N2O5. The van der Waals surface area contributed by atoms with E-state index in [-0.39, 0.29) is 24.9 Å². The molecule has 0 aliphatic heterocycles. The van der Waals surface area contributed by atoms with Gasteiger partial charge in [-0.25, -0.2) is 0 Å². The molecule has 0 unspecified atom stereocenters. The molecule has 0 aliphatic rings. The molecule has 27 heavy (non-hydrogen) atoms. The third kappa shape index (κ3) is 8.30. The Hall–Kier alpha value is -2.28. The Morgan fingerprint density at radius 2 is 1.63 bits per heavy atom. The van der Waals surface area contributed by atoms with E-state index in [2.05, 4.69) is 23.5 Å². The second kappa shape index (κ2) is 13.0. The highest BCUT2D eigenvalue weighted by Gasteiger charge is 2.17. The van der Waals surface area contributed by atoms with Gasteiger partial charge in [-0.2, -0.15) is 0 Å². The molecule has 0 bridgehead atoms. The second-order valence-corrected chi connectivity index (χ2v) is 6.03. The third-order valence-corrected chi connectivity index (χ3v) is 4.38. The van der Waals surface area contributed by atoms with E-state index in [0.29, 0.717) is 24.6 Å². The first kappa shape index (κ1) is 22.8. The first-order valence-electron chi connectivity index (χ1n) is 9.38. The van der Waals surface area contributed by atoms with Crippen molar-refractivity contribution in [3.05, 3.63) is 24.3 Å². The van der Waals surface area contributed by atoms with Crippen LogP contribution in [0.15, 0.2) is 24.3 Å². The van der Waals surface area contributed by atoms with Crippen LogP contribution in [0.2, 0.25) is 0 Å². The summed E-state index contributed by atoms with van der Waals surface area (Å²) in [4.78, 5) is 28.0. The van der Waals surface area contributed by atoms with E-state index >= 15 is 0 Å². The second-order valence-electron chi connectivity index (χ2n) is 6.03. The topological polar surface area (TPSA) is 68.3 Å². The molecule has 0 aromatic heterocycles. The van der Waals surface area contributed by atoms with Crippen LogP contribution in [-0.2, 0) is 14.3 Å². The van der Waals surface area contributed by atoms with Crippen LogP contribution in [0.25, 0.3) is 0 Å². The molecule has 7 heteroatoms. The van der Waals surface area contributed by atoms with Gasteiger partial charge in [0.05, 0.1) is 20.6 Å². The van der Waals surface area contributed by atoms with Gasteiger partial charge in [0.25, 0.3) is 5.91 Å². The van der Waals surface area contributed by atoms with Crippen molar-refractivity contribution in [3.63, 3.8) is 0 Å². The zero-order chi connectivity index (χ0) is 20.1. The fraction of sp³-hybridized carbons (Fsp3) is 0.600. The molecule has 0 spiro atoms. The van der Waals surface area contributed by atoms with Crippen molar-refractivity contribution in [1.82, 2.24) is 9.80 Å². The summed E-state index contributed by atoms with van der Waals surface area (Å²) in [7, 11) is 2.90. The SMILES string of the molecule is CCN(CC)CCCN(CCC(=O)OC)C(=O)COc1ccccc1OC. The summed E-state index contributed by atoms with van der Waals surface area (Å²) in [5.74, 6) is 0.601. The number of rotatable bonds is 13. The summed E-state index contributed by atoms with van der Waals surface area (Å²) in [6, 6.07) is 7.19. The number of methoxy groups -OCH3 is 2. The quantitative estimate of drug-likeness (QED) is 0.489. The molecule has 0 saturated heterocycles. The highest BCUT2D eigenvalue weighted by molar-refractivity contribution is 5.78. The molecule has 0 heterocycles. The number of para-hydroxylation sites is 2. The number of hydrogen-bond donors (Lipinski definition) is 0. The van der Waals surface area contributed by atoms with Crippen molar-refractivity contribution in [2.45, 2.75) is 26.7 Å². The summed E-state index contributed by atoms with van der Waals surface area (Å²) >= 11 is 0. The predicted octanol–water partition coefficient (Wildman–Crippen LogP) is 2.20. The van der Waals surface area contributed by atoms with Gasteiger partial charge in [0, 0.05) is 13.1 Å². The fourth-order valence-electron chi connectivity index (χ4n) is 2.68. The number of nitrogens with zero attached hydrogens (tertiary/aromatic N) is 2. The van der Waals surface area contributed by atoms with Crippen LogP contribution >= 0.6 is 0 Å². The lowest BCUT2D eigenvalue weighted by molar-refractivity contribution is -0.142. The third-order valence-electron chi connectivity index (χ3n) is 4.38. The minimum absolute atomic E-state index is 0.104. The zero-order valence-corrected chi connectivity index (χ0v) is 16.9. The van der Waals surface area contributed by atoms with E-state index in [9.17, 15) is 9.59 Å². The van der Waals surface area contributed by atoms with Gasteiger partial charge in [-0.15, -0.1) is 0 Å². The Labute approximate surface area is 162 Å².